The molecule has 0 unspecified atom stereocenters. The first-order chi connectivity index (χ1) is 7.27. The number of aromatic amines is 2. The van der Waals surface area contributed by atoms with Crippen molar-refractivity contribution in [3.63, 3.8) is 0 Å². The van der Waals surface area contributed by atoms with Crippen LogP contribution < -0.4 is 5.32 Å². The molecule has 6 heteroatoms. The maximum atomic E-state index is 11.6. The summed E-state index contributed by atoms with van der Waals surface area (Å²) in [4.78, 5) is 18.4. The van der Waals surface area contributed by atoms with Crippen LogP contribution in [0.2, 0.25) is 0 Å². The van der Waals surface area contributed by atoms with Gasteiger partial charge < -0.3 is 10.3 Å². The van der Waals surface area contributed by atoms with E-state index in [-0.39, 0.29) is 5.91 Å². The third-order valence-electron chi connectivity index (χ3n) is 2.07. The van der Waals surface area contributed by atoms with Gasteiger partial charge in [0, 0.05) is 11.9 Å². The third-order valence-corrected chi connectivity index (χ3v) is 2.07. The summed E-state index contributed by atoms with van der Waals surface area (Å²) in [6.45, 7) is 2.24. The fourth-order valence-corrected chi connectivity index (χ4v) is 1.23. The second-order valence-electron chi connectivity index (χ2n) is 3.17. The molecular weight excluding hydrogens is 194 g/mol. The van der Waals surface area contributed by atoms with Crippen LogP contribution in [-0.4, -0.2) is 26.1 Å². The minimum Gasteiger partial charge on any atom is -0.347 e. The number of aromatic nitrogens is 4. The van der Waals surface area contributed by atoms with Crippen LogP contribution in [-0.2, 0) is 6.54 Å². The smallest absolute Gasteiger partial charge is 0.255 e. The Labute approximate surface area is 86.1 Å². The molecule has 0 aromatic carbocycles. The van der Waals surface area contributed by atoms with Gasteiger partial charge in [0.1, 0.15) is 0 Å². The fraction of sp³-hybridized carbons (Fsp3) is 0.222. The molecule has 0 radical (unpaired) electrons. The maximum Gasteiger partial charge on any atom is 0.255 e. The van der Waals surface area contributed by atoms with E-state index in [1.165, 1.54) is 6.20 Å². The summed E-state index contributed by atoms with van der Waals surface area (Å²) in [6, 6.07) is 0. The van der Waals surface area contributed by atoms with Crippen molar-refractivity contribution < 1.29 is 4.79 Å². The lowest BCUT2D eigenvalue weighted by molar-refractivity contribution is 0.0950. The van der Waals surface area contributed by atoms with Gasteiger partial charge in [0.15, 0.2) is 0 Å². The highest BCUT2D eigenvalue weighted by Gasteiger charge is 2.09. The zero-order chi connectivity index (χ0) is 10.7. The molecule has 2 aromatic heterocycles. The first-order valence-electron chi connectivity index (χ1n) is 4.53. The number of nitrogens with one attached hydrogen (secondary N) is 3. The van der Waals surface area contributed by atoms with Crippen LogP contribution in [0.25, 0.3) is 0 Å². The molecule has 0 aliphatic heterocycles. The molecule has 1 amide bonds. The van der Waals surface area contributed by atoms with Gasteiger partial charge in [0.2, 0.25) is 0 Å². The van der Waals surface area contributed by atoms with Gasteiger partial charge >= 0.3 is 0 Å². The van der Waals surface area contributed by atoms with E-state index >= 15 is 0 Å². The van der Waals surface area contributed by atoms with Crippen molar-refractivity contribution in [2.24, 2.45) is 0 Å². The standard InChI is InChI=1S/C9H11N5O/c1-6-8(4-13-14-6)9(15)11-3-7-2-10-5-12-7/h2,4-5H,3H2,1H3,(H,10,12)(H,11,15)(H,13,14). The molecule has 15 heavy (non-hydrogen) atoms. The molecule has 3 N–H and O–H groups in total. The number of hydrogen-bond acceptors (Lipinski definition) is 3. The van der Waals surface area contributed by atoms with Crippen molar-refractivity contribution in [3.8, 4) is 0 Å². The van der Waals surface area contributed by atoms with Crippen molar-refractivity contribution in [2.45, 2.75) is 13.5 Å². The Morgan fingerprint density at radius 1 is 1.53 bits per heavy atom. The number of imidazole rings is 1. The number of amides is 1. The first kappa shape index (κ1) is 9.45. The molecule has 0 atom stereocenters. The Morgan fingerprint density at radius 3 is 3.00 bits per heavy atom. The van der Waals surface area contributed by atoms with E-state index in [9.17, 15) is 4.79 Å². The molecule has 0 bridgehead atoms. The summed E-state index contributed by atoms with van der Waals surface area (Å²) in [5, 5.41) is 9.25. The van der Waals surface area contributed by atoms with E-state index in [2.05, 4.69) is 25.5 Å². The van der Waals surface area contributed by atoms with Crippen molar-refractivity contribution in [1.29, 1.82) is 0 Å². The van der Waals surface area contributed by atoms with E-state index in [1.807, 2.05) is 0 Å². The van der Waals surface area contributed by atoms with E-state index in [0.717, 1.165) is 11.4 Å². The Morgan fingerprint density at radius 2 is 2.40 bits per heavy atom. The minimum absolute atomic E-state index is 0.143. The van der Waals surface area contributed by atoms with Crippen molar-refractivity contribution in [1.82, 2.24) is 25.5 Å². The molecular formula is C9H11N5O. The predicted octanol–water partition coefficient (Wildman–Crippen LogP) is 0.371. The lowest BCUT2D eigenvalue weighted by Crippen LogP contribution is -2.23. The SMILES string of the molecule is Cc1[nH]ncc1C(=O)NCc1cnc[nH]1. The Balaban J connectivity index is 1.96. The van der Waals surface area contributed by atoms with Crippen LogP contribution in [0.5, 0.6) is 0 Å². The van der Waals surface area contributed by atoms with E-state index < -0.39 is 0 Å². The van der Waals surface area contributed by atoms with E-state index in [0.29, 0.717) is 12.1 Å². The van der Waals surface area contributed by atoms with Gasteiger partial charge in [-0.1, -0.05) is 0 Å². The number of hydrogen-bond donors (Lipinski definition) is 3. The van der Waals surface area contributed by atoms with Gasteiger partial charge in [-0.3, -0.25) is 9.89 Å². The maximum absolute atomic E-state index is 11.6. The number of carbonyl (C=O) groups excluding carboxylic acids is 1. The third kappa shape index (κ3) is 2.04. The Bertz CT molecular complexity index is 445. The average Bonchev–Trinajstić information content (AvgIpc) is 2.84. The molecule has 2 aromatic rings. The van der Waals surface area contributed by atoms with E-state index in [4.69, 9.17) is 0 Å². The highest BCUT2D eigenvalue weighted by atomic mass is 16.1. The topological polar surface area (TPSA) is 86.5 Å². The Hall–Kier alpha value is -2.11. The summed E-state index contributed by atoms with van der Waals surface area (Å²) in [5.41, 5.74) is 2.19. The Kier molecular flexibility index (Phi) is 2.49. The van der Waals surface area contributed by atoms with Crippen LogP contribution in [0.4, 0.5) is 0 Å². The number of aryl methyl sites for hydroxylation is 1. The molecule has 0 saturated heterocycles. The molecule has 2 heterocycles. The predicted molar refractivity (Wildman–Crippen MR) is 53.1 cm³/mol. The number of carbonyl (C=O) groups is 1. The lowest BCUT2D eigenvalue weighted by atomic mass is 10.2. The number of nitrogens with zero attached hydrogens (tertiary/aromatic N) is 2. The highest BCUT2D eigenvalue weighted by Crippen LogP contribution is 2.02. The molecule has 0 saturated carbocycles. The van der Waals surface area contributed by atoms with Crippen LogP contribution in [0.15, 0.2) is 18.7 Å². The molecule has 0 fully saturated rings. The normalized spacial score (nSPS) is 10.2. The number of H-pyrrole nitrogens is 2. The zero-order valence-electron chi connectivity index (χ0n) is 8.24. The van der Waals surface area contributed by atoms with Gasteiger partial charge in [-0.2, -0.15) is 5.10 Å². The van der Waals surface area contributed by atoms with Gasteiger partial charge in [-0.15, -0.1) is 0 Å². The first-order valence-corrected chi connectivity index (χ1v) is 4.53. The van der Waals surface area contributed by atoms with Gasteiger partial charge in [0.05, 0.1) is 30.3 Å². The van der Waals surface area contributed by atoms with Crippen LogP contribution in [0.1, 0.15) is 21.7 Å². The molecule has 2 rings (SSSR count). The van der Waals surface area contributed by atoms with Crippen molar-refractivity contribution in [3.05, 3.63) is 35.7 Å². The lowest BCUT2D eigenvalue weighted by Gasteiger charge is -2.01. The van der Waals surface area contributed by atoms with Crippen molar-refractivity contribution in [2.75, 3.05) is 0 Å². The van der Waals surface area contributed by atoms with Crippen LogP contribution in [0.3, 0.4) is 0 Å². The molecule has 0 aliphatic rings. The summed E-state index contributed by atoms with van der Waals surface area (Å²) >= 11 is 0. The average molecular weight is 205 g/mol. The minimum atomic E-state index is -0.143. The molecule has 0 aliphatic carbocycles. The van der Waals surface area contributed by atoms with Gasteiger partial charge in [0.25, 0.3) is 5.91 Å². The molecule has 6 nitrogen and oxygen atoms in total. The monoisotopic (exact) mass is 205 g/mol. The fourth-order valence-electron chi connectivity index (χ4n) is 1.23. The summed E-state index contributed by atoms with van der Waals surface area (Å²) in [6.07, 6.45) is 4.75. The quantitative estimate of drug-likeness (QED) is 0.676. The van der Waals surface area contributed by atoms with Crippen molar-refractivity contribution >= 4 is 5.91 Å². The summed E-state index contributed by atoms with van der Waals surface area (Å²) < 4.78 is 0. The van der Waals surface area contributed by atoms with E-state index in [1.54, 1.807) is 19.4 Å². The second kappa shape index (κ2) is 3.95. The summed E-state index contributed by atoms with van der Waals surface area (Å²) in [7, 11) is 0. The second-order valence-corrected chi connectivity index (χ2v) is 3.17. The zero-order valence-corrected chi connectivity index (χ0v) is 8.24. The van der Waals surface area contributed by atoms with Gasteiger partial charge in [-0.25, -0.2) is 4.98 Å². The summed E-state index contributed by atoms with van der Waals surface area (Å²) in [5.74, 6) is -0.143. The van der Waals surface area contributed by atoms with Crippen LogP contribution >= 0.6 is 0 Å². The molecule has 78 valence electrons. The number of rotatable bonds is 3. The largest absolute Gasteiger partial charge is 0.347 e. The molecule has 0 spiro atoms. The van der Waals surface area contributed by atoms with Gasteiger partial charge in [-0.05, 0) is 6.92 Å². The highest BCUT2D eigenvalue weighted by molar-refractivity contribution is 5.94. The van der Waals surface area contributed by atoms with Crippen LogP contribution in [0, 0.1) is 6.92 Å².